The highest BCUT2D eigenvalue weighted by molar-refractivity contribution is 5.19. The van der Waals surface area contributed by atoms with E-state index in [9.17, 15) is 10.1 Å². The van der Waals surface area contributed by atoms with Crippen molar-refractivity contribution >= 4 is 0 Å². The van der Waals surface area contributed by atoms with Gasteiger partial charge < -0.3 is 4.74 Å². The first-order valence-electron chi connectivity index (χ1n) is 7.98. The Bertz CT molecular complexity index is 644. The third-order valence-electron chi connectivity index (χ3n) is 4.52. The average molecular weight is 311 g/mol. The van der Waals surface area contributed by atoms with E-state index < -0.39 is 5.54 Å². The van der Waals surface area contributed by atoms with E-state index in [0.717, 1.165) is 12.0 Å². The van der Waals surface area contributed by atoms with Crippen molar-refractivity contribution in [3.8, 4) is 0 Å². The largest absolute Gasteiger partial charge is 0.374 e. The van der Waals surface area contributed by atoms with Gasteiger partial charge >= 0.3 is 0 Å². The first kappa shape index (κ1) is 15.7. The SMILES string of the molecule is O=[N+]([O-])C1(Cc2ccccc2)COCC(Cc2ccccc2)C1. The fourth-order valence-corrected chi connectivity index (χ4v) is 3.44. The van der Waals surface area contributed by atoms with Gasteiger partial charge in [0.1, 0.15) is 6.61 Å². The maximum Gasteiger partial charge on any atom is 0.249 e. The number of hydrogen-bond acceptors (Lipinski definition) is 3. The Morgan fingerprint density at radius 2 is 1.65 bits per heavy atom. The fraction of sp³-hybridized carbons (Fsp3) is 0.368. The van der Waals surface area contributed by atoms with Crippen molar-refractivity contribution in [1.82, 2.24) is 0 Å². The van der Waals surface area contributed by atoms with Gasteiger partial charge in [-0.15, -0.1) is 0 Å². The molecule has 2 unspecified atom stereocenters. The van der Waals surface area contributed by atoms with E-state index in [1.54, 1.807) is 0 Å². The zero-order valence-corrected chi connectivity index (χ0v) is 13.1. The molecule has 1 aliphatic rings. The molecule has 0 radical (unpaired) electrons. The first-order chi connectivity index (χ1) is 11.2. The van der Waals surface area contributed by atoms with Gasteiger partial charge in [0, 0.05) is 17.8 Å². The molecule has 0 bridgehead atoms. The van der Waals surface area contributed by atoms with E-state index in [1.165, 1.54) is 5.56 Å². The van der Waals surface area contributed by atoms with Gasteiger partial charge in [0.2, 0.25) is 5.54 Å². The lowest BCUT2D eigenvalue weighted by molar-refractivity contribution is -0.581. The van der Waals surface area contributed by atoms with Crippen LogP contribution in [0, 0.1) is 16.0 Å². The molecule has 1 fully saturated rings. The molecule has 2 aromatic rings. The highest BCUT2D eigenvalue weighted by Crippen LogP contribution is 2.32. The maximum absolute atomic E-state index is 11.8. The van der Waals surface area contributed by atoms with Crippen LogP contribution in [0.1, 0.15) is 17.5 Å². The molecule has 120 valence electrons. The topological polar surface area (TPSA) is 52.4 Å². The minimum absolute atomic E-state index is 0.128. The summed E-state index contributed by atoms with van der Waals surface area (Å²) in [5.74, 6) is 0.181. The summed E-state index contributed by atoms with van der Waals surface area (Å²) < 4.78 is 5.66. The van der Waals surface area contributed by atoms with Crippen LogP contribution in [0.2, 0.25) is 0 Å². The number of hydrogen-bond donors (Lipinski definition) is 0. The van der Waals surface area contributed by atoms with Gasteiger partial charge in [0.05, 0.1) is 6.61 Å². The highest BCUT2D eigenvalue weighted by atomic mass is 16.6. The van der Waals surface area contributed by atoms with Crippen LogP contribution in [-0.2, 0) is 17.6 Å². The van der Waals surface area contributed by atoms with Crippen LogP contribution in [0.5, 0.6) is 0 Å². The van der Waals surface area contributed by atoms with E-state index in [-0.39, 0.29) is 17.4 Å². The summed E-state index contributed by atoms with van der Waals surface area (Å²) in [6, 6.07) is 19.8. The van der Waals surface area contributed by atoms with Crippen LogP contribution < -0.4 is 0 Å². The maximum atomic E-state index is 11.8. The molecule has 1 heterocycles. The van der Waals surface area contributed by atoms with Crippen molar-refractivity contribution in [3.05, 3.63) is 81.9 Å². The molecule has 0 saturated carbocycles. The third-order valence-corrected chi connectivity index (χ3v) is 4.52. The summed E-state index contributed by atoms with van der Waals surface area (Å²) in [5.41, 5.74) is 1.19. The summed E-state index contributed by atoms with van der Waals surface area (Å²) in [5, 5.41) is 11.8. The molecule has 0 spiro atoms. The number of nitro groups is 1. The second-order valence-corrected chi connectivity index (χ2v) is 6.42. The molecule has 1 aliphatic heterocycles. The van der Waals surface area contributed by atoms with Gasteiger partial charge in [-0.2, -0.15) is 0 Å². The molecule has 0 amide bonds. The van der Waals surface area contributed by atoms with E-state index in [1.807, 2.05) is 48.5 Å². The lowest BCUT2D eigenvalue weighted by atomic mass is 9.79. The van der Waals surface area contributed by atoms with Gasteiger partial charge in [0.25, 0.3) is 0 Å². The summed E-state index contributed by atoms with van der Waals surface area (Å²) in [7, 11) is 0. The molecule has 0 N–H and O–H groups in total. The van der Waals surface area contributed by atoms with Crippen LogP contribution in [0.3, 0.4) is 0 Å². The predicted octanol–water partition coefficient (Wildman–Crippen LogP) is 3.52. The van der Waals surface area contributed by atoms with Crippen molar-refractivity contribution in [2.24, 2.45) is 5.92 Å². The van der Waals surface area contributed by atoms with Crippen molar-refractivity contribution in [3.63, 3.8) is 0 Å². The van der Waals surface area contributed by atoms with Crippen molar-refractivity contribution in [1.29, 1.82) is 0 Å². The Kier molecular flexibility index (Phi) is 4.72. The predicted molar refractivity (Wildman–Crippen MR) is 88.9 cm³/mol. The summed E-state index contributed by atoms with van der Waals surface area (Å²) >= 11 is 0. The van der Waals surface area contributed by atoms with Crippen LogP contribution in [-0.4, -0.2) is 23.7 Å². The molecule has 1 saturated heterocycles. The Hall–Kier alpha value is -2.20. The van der Waals surface area contributed by atoms with Crippen molar-refractivity contribution < 1.29 is 9.66 Å². The Labute approximate surface area is 136 Å². The standard InChI is InChI=1S/C19H21NO3/c21-20(22)19(12-17-9-5-2-6-10-17)13-18(14-23-15-19)11-16-7-3-1-4-8-16/h1-10,18H,11-15H2. The third kappa shape index (κ3) is 3.77. The van der Waals surface area contributed by atoms with Gasteiger partial charge in [0.15, 0.2) is 0 Å². The van der Waals surface area contributed by atoms with Crippen LogP contribution >= 0.6 is 0 Å². The number of nitrogens with zero attached hydrogens (tertiary/aromatic N) is 1. The molecule has 23 heavy (non-hydrogen) atoms. The molecule has 0 aliphatic carbocycles. The van der Waals surface area contributed by atoms with Crippen LogP contribution in [0.4, 0.5) is 0 Å². The van der Waals surface area contributed by atoms with Gasteiger partial charge in [-0.05, 0) is 23.5 Å². The Morgan fingerprint density at radius 1 is 1.04 bits per heavy atom. The molecule has 4 nitrogen and oxygen atoms in total. The second kappa shape index (κ2) is 6.92. The lowest BCUT2D eigenvalue weighted by Crippen LogP contribution is -2.51. The summed E-state index contributed by atoms with van der Waals surface area (Å²) in [6.07, 6.45) is 1.81. The monoisotopic (exact) mass is 311 g/mol. The smallest absolute Gasteiger partial charge is 0.249 e. The zero-order valence-electron chi connectivity index (χ0n) is 13.1. The summed E-state index contributed by atoms with van der Waals surface area (Å²) in [4.78, 5) is 11.7. The van der Waals surface area contributed by atoms with Gasteiger partial charge in [-0.1, -0.05) is 60.7 Å². The molecular weight excluding hydrogens is 290 g/mol. The second-order valence-electron chi connectivity index (χ2n) is 6.42. The van der Waals surface area contributed by atoms with Gasteiger partial charge in [-0.25, -0.2) is 0 Å². The quantitative estimate of drug-likeness (QED) is 0.627. The molecule has 2 atom stereocenters. The number of benzene rings is 2. The van der Waals surface area contributed by atoms with Crippen LogP contribution in [0.15, 0.2) is 60.7 Å². The van der Waals surface area contributed by atoms with Crippen LogP contribution in [0.25, 0.3) is 0 Å². The molecule has 4 heteroatoms. The summed E-state index contributed by atoms with van der Waals surface area (Å²) in [6.45, 7) is 0.791. The molecule has 0 aromatic heterocycles. The van der Waals surface area contributed by atoms with E-state index >= 15 is 0 Å². The molecular formula is C19H21NO3. The highest BCUT2D eigenvalue weighted by Gasteiger charge is 2.47. The average Bonchev–Trinajstić information content (AvgIpc) is 2.57. The number of ether oxygens (including phenoxy) is 1. The van der Waals surface area contributed by atoms with Crippen molar-refractivity contribution in [2.75, 3.05) is 13.2 Å². The fourth-order valence-electron chi connectivity index (χ4n) is 3.44. The normalized spacial score (nSPS) is 24.3. The zero-order chi connectivity index (χ0) is 16.1. The Balaban J connectivity index is 1.76. The minimum Gasteiger partial charge on any atom is -0.374 e. The van der Waals surface area contributed by atoms with E-state index in [0.29, 0.717) is 19.4 Å². The van der Waals surface area contributed by atoms with E-state index in [2.05, 4.69) is 12.1 Å². The lowest BCUT2D eigenvalue weighted by Gasteiger charge is -2.34. The van der Waals surface area contributed by atoms with Gasteiger partial charge in [-0.3, -0.25) is 10.1 Å². The molecule has 2 aromatic carbocycles. The molecule has 3 rings (SSSR count). The first-order valence-corrected chi connectivity index (χ1v) is 7.98. The number of rotatable bonds is 5. The Morgan fingerprint density at radius 3 is 2.26 bits per heavy atom. The van der Waals surface area contributed by atoms with E-state index in [4.69, 9.17) is 4.74 Å². The minimum atomic E-state index is -1.01. The van der Waals surface area contributed by atoms with Crippen molar-refractivity contribution in [2.45, 2.75) is 24.8 Å².